The zero-order chi connectivity index (χ0) is 16.6. The first kappa shape index (κ1) is 15.8. The third kappa shape index (κ3) is 2.67. The zero-order valence-corrected chi connectivity index (χ0v) is 13.7. The number of hydrogen-bond acceptors (Lipinski definition) is 3. The Morgan fingerprint density at radius 1 is 1.33 bits per heavy atom. The summed E-state index contributed by atoms with van der Waals surface area (Å²) in [5.41, 5.74) is 1.38. The summed E-state index contributed by atoms with van der Waals surface area (Å²) in [5.74, 6) is -0.316. The summed E-state index contributed by atoms with van der Waals surface area (Å²) in [5, 5.41) is 2.88. The number of carbonyl (C=O) groups is 1. The fraction of sp³-hybridized carbons (Fsp3) is 0.611. The van der Waals surface area contributed by atoms with Crippen LogP contribution in [0.3, 0.4) is 0 Å². The van der Waals surface area contributed by atoms with Crippen LogP contribution in [0.1, 0.15) is 31.2 Å². The van der Waals surface area contributed by atoms with Gasteiger partial charge in [-0.25, -0.2) is 9.18 Å². The summed E-state index contributed by atoms with van der Waals surface area (Å²) in [7, 11) is 0. The van der Waals surface area contributed by atoms with Crippen molar-refractivity contribution in [2.45, 2.75) is 37.2 Å². The van der Waals surface area contributed by atoms with E-state index in [-0.39, 0.29) is 23.4 Å². The van der Waals surface area contributed by atoms with Gasteiger partial charge in [0.05, 0.1) is 31.6 Å². The molecule has 24 heavy (non-hydrogen) atoms. The molecule has 0 radical (unpaired) electrons. The number of carbonyl (C=O) groups excluding carboxylic acids is 1. The molecule has 2 heterocycles. The van der Waals surface area contributed by atoms with Crippen LogP contribution in [-0.4, -0.2) is 45.0 Å². The molecule has 5 nitrogen and oxygen atoms in total. The number of hydrogen-bond donors (Lipinski definition) is 1. The molecule has 130 valence electrons. The van der Waals surface area contributed by atoms with Gasteiger partial charge >= 0.3 is 6.03 Å². The van der Waals surface area contributed by atoms with E-state index in [0.717, 1.165) is 31.2 Å². The van der Waals surface area contributed by atoms with Gasteiger partial charge in [-0.1, -0.05) is 25.0 Å². The molecule has 1 aliphatic carbocycles. The summed E-state index contributed by atoms with van der Waals surface area (Å²) < 4.78 is 25.4. The monoisotopic (exact) mass is 334 g/mol. The van der Waals surface area contributed by atoms with E-state index >= 15 is 0 Å². The lowest BCUT2D eigenvalue weighted by molar-refractivity contribution is -0.0853. The Morgan fingerprint density at radius 2 is 2.17 bits per heavy atom. The molecule has 1 N–H and O–H groups in total. The highest BCUT2D eigenvalue weighted by atomic mass is 19.1. The number of fused-ring (bicyclic) bond motifs is 2. The number of benzene rings is 1. The molecule has 1 aromatic carbocycles. The summed E-state index contributed by atoms with van der Waals surface area (Å²) in [4.78, 5) is 14.3. The number of rotatable bonds is 2. The van der Waals surface area contributed by atoms with Crippen molar-refractivity contribution in [2.75, 3.05) is 37.8 Å². The van der Waals surface area contributed by atoms with Gasteiger partial charge in [0.1, 0.15) is 5.82 Å². The summed E-state index contributed by atoms with van der Waals surface area (Å²) >= 11 is 0. The molecule has 1 saturated heterocycles. The fourth-order valence-corrected chi connectivity index (χ4v) is 4.29. The lowest BCUT2D eigenvalue weighted by Gasteiger charge is -2.26. The number of anilines is 1. The van der Waals surface area contributed by atoms with Crippen LogP contribution in [0.25, 0.3) is 0 Å². The number of amides is 2. The standard InChI is InChI=1S/C18H23FN2O3/c19-15-5-3-4-14-16(15)21(12-18(14)6-1-2-7-18)17(22)20-10-13-11-23-8-9-24-13/h3-5,13H,1-2,6-12H2,(H,20,22). The van der Waals surface area contributed by atoms with Gasteiger partial charge in [-0.15, -0.1) is 0 Å². The van der Waals surface area contributed by atoms with Crippen molar-refractivity contribution in [3.05, 3.63) is 29.6 Å². The van der Waals surface area contributed by atoms with E-state index in [9.17, 15) is 9.18 Å². The summed E-state index contributed by atoms with van der Waals surface area (Å²) in [6.07, 6.45) is 4.18. The molecule has 1 unspecified atom stereocenters. The number of halogens is 1. The molecule has 1 spiro atoms. The van der Waals surface area contributed by atoms with Crippen LogP contribution < -0.4 is 10.2 Å². The van der Waals surface area contributed by atoms with Crippen molar-refractivity contribution in [3.63, 3.8) is 0 Å². The van der Waals surface area contributed by atoms with Crippen molar-refractivity contribution in [2.24, 2.45) is 0 Å². The van der Waals surface area contributed by atoms with Crippen LogP contribution in [0, 0.1) is 5.82 Å². The molecule has 4 rings (SSSR count). The van der Waals surface area contributed by atoms with E-state index < -0.39 is 0 Å². The van der Waals surface area contributed by atoms with Gasteiger partial charge in [-0.2, -0.15) is 0 Å². The molecule has 2 fully saturated rings. The molecule has 3 aliphatic rings. The molecule has 1 atom stereocenters. The Labute approximate surface area is 141 Å². The smallest absolute Gasteiger partial charge is 0.322 e. The highest BCUT2D eigenvalue weighted by Crippen LogP contribution is 2.51. The first-order valence-corrected chi connectivity index (χ1v) is 8.73. The third-order valence-electron chi connectivity index (χ3n) is 5.46. The van der Waals surface area contributed by atoms with Crippen LogP contribution in [0.5, 0.6) is 0 Å². The van der Waals surface area contributed by atoms with E-state index in [1.54, 1.807) is 11.0 Å². The number of para-hydroxylation sites is 1. The Balaban J connectivity index is 1.52. The zero-order valence-electron chi connectivity index (χ0n) is 13.7. The third-order valence-corrected chi connectivity index (χ3v) is 5.46. The van der Waals surface area contributed by atoms with Gasteiger partial charge in [-0.05, 0) is 24.5 Å². The van der Waals surface area contributed by atoms with Crippen LogP contribution in [0.15, 0.2) is 18.2 Å². The Morgan fingerprint density at radius 3 is 2.92 bits per heavy atom. The van der Waals surface area contributed by atoms with Crippen LogP contribution in [-0.2, 0) is 14.9 Å². The van der Waals surface area contributed by atoms with Gasteiger partial charge < -0.3 is 14.8 Å². The molecule has 0 bridgehead atoms. The second-order valence-corrected chi connectivity index (χ2v) is 6.96. The number of nitrogens with one attached hydrogen (secondary N) is 1. The average molecular weight is 334 g/mol. The molecule has 0 aromatic heterocycles. The topological polar surface area (TPSA) is 50.8 Å². The van der Waals surface area contributed by atoms with E-state index in [1.165, 1.54) is 6.07 Å². The van der Waals surface area contributed by atoms with Crippen LogP contribution in [0.2, 0.25) is 0 Å². The van der Waals surface area contributed by atoms with Crippen molar-refractivity contribution < 1.29 is 18.7 Å². The van der Waals surface area contributed by atoms with Gasteiger partial charge in [-0.3, -0.25) is 4.90 Å². The van der Waals surface area contributed by atoms with Gasteiger partial charge in [0.2, 0.25) is 0 Å². The summed E-state index contributed by atoms with van der Waals surface area (Å²) in [6, 6.07) is 4.92. The first-order valence-electron chi connectivity index (χ1n) is 8.73. The van der Waals surface area contributed by atoms with E-state index in [2.05, 4.69) is 5.32 Å². The maximum Gasteiger partial charge on any atom is 0.322 e. The highest BCUT2D eigenvalue weighted by Gasteiger charge is 2.47. The van der Waals surface area contributed by atoms with E-state index in [4.69, 9.17) is 9.47 Å². The molecule has 2 aliphatic heterocycles. The highest BCUT2D eigenvalue weighted by molar-refractivity contribution is 5.95. The largest absolute Gasteiger partial charge is 0.376 e. The Hall–Kier alpha value is -1.66. The molecular formula is C18H23FN2O3. The predicted octanol–water partition coefficient (Wildman–Crippen LogP) is 2.58. The van der Waals surface area contributed by atoms with Crippen LogP contribution in [0.4, 0.5) is 14.9 Å². The second kappa shape index (κ2) is 6.33. The minimum atomic E-state index is -0.316. The van der Waals surface area contributed by atoms with E-state index in [0.29, 0.717) is 38.6 Å². The lowest BCUT2D eigenvalue weighted by Crippen LogP contribution is -2.46. The van der Waals surface area contributed by atoms with Gasteiger partial charge in [0, 0.05) is 18.5 Å². The van der Waals surface area contributed by atoms with E-state index in [1.807, 2.05) is 6.07 Å². The quantitative estimate of drug-likeness (QED) is 0.904. The number of ether oxygens (including phenoxy) is 2. The average Bonchev–Trinajstić information content (AvgIpc) is 3.21. The SMILES string of the molecule is O=C(NCC1COCCO1)N1CC2(CCCC2)c2cccc(F)c21. The normalized spacial score (nSPS) is 25.0. The van der Waals surface area contributed by atoms with Crippen molar-refractivity contribution in [1.29, 1.82) is 0 Å². The maximum absolute atomic E-state index is 14.5. The predicted molar refractivity (Wildman–Crippen MR) is 87.8 cm³/mol. The molecule has 2 amide bonds. The fourth-order valence-electron chi connectivity index (χ4n) is 4.29. The summed E-state index contributed by atoms with van der Waals surface area (Å²) in [6.45, 7) is 2.57. The minimum absolute atomic E-state index is 0.0702. The Bertz CT molecular complexity index is 625. The van der Waals surface area contributed by atoms with Crippen LogP contribution >= 0.6 is 0 Å². The number of urea groups is 1. The maximum atomic E-state index is 14.5. The van der Waals surface area contributed by atoms with Gasteiger partial charge in [0.25, 0.3) is 0 Å². The lowest BCUT2D eigenvalue weighted by atomic mass is 9.81. The molecule has 1 saturated carbocycles. The molecular weight excluding hydrogens is 311 g/mol. The van der Waals surface area contributed by atoms with Gasteiger partial charge in [0.15, 0.2) is 0 Å². The molecule has 1 aromatic rings. The number of nitrogens with zero attached hydrogens (tertiary/aromatic N) is 1. The van der Waals surface area contributed by atoms with Crippen molar-refractivity contribution >= 4 is 11.7 Å². The Kier molecular flexibility index (Phi) is 4.18. The minimum Gasteiger partial charge on any atom is -0.376 e. The second-order valence-electron chi connectivity index (χ2n) is 6.96. The van der Waals surface area contributed by atoms with Crippen molar-refractivity contribution in [1.82, 2.24) is 5.32 Å². The van der Waals surface area contributed by atoms with Crippen molar-refractivity contribution in [3.8, 4) is 0 Å². The first-order chi connectivity index (χ1) is 11.7. The molecule has 6 heteroatoms.